The van der Waals surface area contributed by atoms with Crippen LogP contribution in [-0.2, 0) is 18.3 Å². The number of hydrogen-bond acceptors (Lipinski definition) is 7. The van der Waals surface area contributed by atoms with Gasteiger partial charge in [-0.3, -0.25) is 19.2 Å². The molecule has 1 N–H and O–H groups in total. The fourth-order valence-corrected chi connectivity index (χ4v) is 4.21. The van der Waals surface area contributed by atoms with Gasteiger partial charge in [0.15, 0.2) is 5.69 Å². The molecule has 10 heteroatoms. The molecule has 0 bridgehead atoms. The van der Waals surface area contributed by atoms with Gasteiger partial charge in [-0.1, -0.05) is 19.1 Å². The van der Waals surface area contributed by atoms with E-state index in [-0.39, 0.29) is 11.8 Å². The van der Waals surface area contributed by atoms with Gasteiger partial charge in [-0.25, -0.2) is 4.98 Å². The molecule has 0 radical (unpaired) electrons. The molecule has 1 aliphatic heterocycles. The fraction of sp³-hybridized carbons (Fsp3) is 0.632. The molecular weight excluding hydrogens is 390 g/mol. The van der Waals surface area contributed by atoms with Crippen molar-refractivity contribution in [2.45, 2.75) is 39.2 Å². The molecule has 0 aromatic carbocycles. The van der Waals surface area contributed by atoms with E-state index in [1.807, 2.05) is 12.3 Å². The predicted octanol–water partition coefficient (Wildman–Crippen LogP) is 1.25. The second-order valence-corrected chi connectivity index (χ2v) is 8.12. The van der Waals surface area contributed by atoms with Gasteiger partial charge >= 0.3 is 0 Å². The van der Waals surface area contributed by atoms with Gasteiger partial charge < -0.3 is 10.2 Å². The van der Waals surface area contributed by atoms with Crippen LogP contribution in [0.3, 0.4) is 0 Å². The third-order valence-electron chi connectivity index (χ3n) is 4.95. The van der Waals surface area contributed by atoms with Crippen molar-refractivity contribution in [1.29, 1.82) is 0 Å². The summed E-state index contributed by atoms with van der Waals surface area (Å²) in [5.74, 6) is -0.137. The normalized spacial score (nSPS) is 16.4. The van der Waals surface area contributed by atoms with Gasteiger partial charge in [0.25, 0.3) is 5.91 Å². The largest absolute Gasteiger partial charge is 0.354 e. The van der Waals surface area contributed by atoms with E-state index in [1.165, 1.54) is 4.68 Å². The maximum atomic E-state index is 13.0. The first-order chi connectivity index (χ1) is 14.0. The third kappa shape index (κ3) is 5.18. The highest BCUT2D eigenvalue weighted by atomic mass is 32.1. The Morgan fingerprint density at radius 2 is 2.07 bits per heavy atom. The molecule has 3 heterocycles. The van der Waals surface area contributed by atoms with Gasteiger partial charge in [0.1, 0.15) is 6.04 Å². The minimum absolute atomic E-state index is 0.0199. The quantitative estimate of drug-likeness (QED) is 0.726. The average molecular weight is 420 g/mol. The van der Waals surface area contributed by atoms with E-state index in [2.05, 4.69) is 32.4 Å². The SMILES string of the molecule is CCCNC(=O)C(c1csc(CC)n1)N1CCCN(C(=O)c2cn(C)nn2)CC1. The number of nitrogens with zero attached hydrogens (tertiary/aromatic N) is 6. The average Bonchev–Trinajstić information content (AvgIpc) is 3.30. The standard InChI is InChI=1S/C19H29N7O2S/c1-4-7-20-18(27)17(15-13-29-16(5-2)21-15)25-8-6-9-26(11-10-25)19(28)14-12-24(3)23-22-14/h12-13,17H,4-11H2,1-3H3,(H,20,27). The number of aryl methyl sites for hydroxylation is 2. The lowest BCUT2D eigenvalue weighted by molar-refractivity contribution is -0.126. The molecule has 1 aliphatic rings. The number of aromatic nitrogens is 4. The monoisotopic (exact) mass is 419 g/mol. The molecule has 29 heavy (non-hydrogen) atoms. The smallest absolute Gasteiger partial charge is 0.276 e. The highest BCUT2D eigenvalue weighted by molar-refractivity contribution is 7.09. The van der Waals surface area contributed by atoms with E-state index in [1.54, 1.807) is 29.5 Å². The third-order valence-corrected chi connectivity index (χ3v) is 5.97. The summed E-state index contributed by atoms with van der Waals surface area (Å²) in [5.41, 5.74) is 1.15. The Bertz CT molecular complexity index is 834. The molecular formula is C19H29N7O2S. The molecule has 9 nitrogen and oxygen atoms in total. The summed E-state index contributed by atoms with van der Waals surface area (Å²) >= 11 is 1.59. The van der Waals surface area contributed by atoms with Crippen molar-refractivity contribution < 1.29 is 9.59 Å². The van der Waals surface area contributed by atoms with Gasteiger partial charge in [-0.2, -0.15) is 0 Å². The molecule has 0 saturated carbocycles. The van der Waals surface area contributed by atoms with Crippen LogP contribution in [-0.4, -0.2) is 74.3 Å². The Balaban J connectivity index is 1.74. The molecule has 2 amide bonds. The van der Waals surface area contributed by atoms with Crippen LogP contribution < -0.4 is 5.32 Å². The van der Waals surface area contributed by atoms with Crippen molar-refractivity contribution in [2.24, 2.45) is 7.05 Å². The molecule has 1 fully saturated rings. The number of thiazole rings is 1. The molecule has 1 saturated heterocycles. The van der Waals surface area contributed by atoms with Crippen molar-refractivity contribution in [3.05, 3.63) is 28.0 Å². The zero-order valence-corrected chi connectivity index (χ0v) is 18.1. The molecule has 2 aromatic heterocycles. The van der Waals surface area contributed by atoms with E-state index in [0.29, 0.717) is 31.9 Å². The lowest BCUT2D eigenvalue weighted by Gasteiger charge is -2.28. The summed E-state index contributed by atoms with van der Waals surface area (Å²) in [5, 5.41) is 13.8. The van der Waals surface area contributed by atoms with Crippen LogP contribution in [0.25, 0.3) is 0 Å². The summed E-state index contributed by atoms with van der Waals surface area (Å²) in [6.07, 6.45) is 4.16. The van der Waals surface area contributed by atoms with Gasteiger partial charge in [0, 0.05) is 45.2 Å². The van der Waals surface area contributed by atoms with Crippen LogP contribution in [0.15, 0.2) is 11.6 Å². The molecule has 0 spiro atoms. The maximum absolute atomic E-state index is 13.0. The summed E-state index contributed by atoms with van der Waals surface area (Å²) in [4.78, 5) is 34.3. The van der Waals surface area contributed by atoms with E-state index >= 15 is 0 Å². The fourth-order valence-electron chi connectivity index (χ4n) is 3.45. The molecule has 0 aliphatic carbocycles. The lowest BCUT2D eigenvalue weighted by atomic mass is 10.1. The molecule has 1 unspecified atom stereocenters. The zero-order valence-electron chi connectivity index (χ0n) is 17.3. The van der Waals surface area contributed by atoms with Crippen LogP contribution in [0, 0.1) is 0 Å². The zero-order chi connectivity index (χ0) is 20.8. The number of rotatable bonds is 7. The van der Waals surface area contributed by atoms with Crippen molar-refractivity contribution in [3.63, 3.8) is 0 Å². The van der Waals surface area contributed by atoms with Crippen molar-refractivity contribution in [2.75, 3.05) is 32.7 Å². The lowest BCUT2D eigenvalue weighted by Crippen LogP contribution is -2.43. The number of nitrogens with one attached hydrogen (secondary N) is 1. The predicted molar refractivity (Wildman–Crippen MR) is 111 cm³/mol. The first-order valence-electron chi connectivity index (χ1n) is 10.1. The summed E-state index contributed by atoms with van der Waals surface area (Å²) in [6, 6.07) is -0.426. The Morgan fingerprint density at radius 1 is 1.24 bits per heavy atom. The highest BCUT2D eigenvalue weighted by Crippen LogP contribution is 2.25. The molecule has 2 aromatic rings. The van der Waals surface area contributed by atoms with Crippen molar-refractivity contribution in [1.82, 2.24) is 35.1 Å². The van der Waals surface area contributed by atoms with Crippen molar-refractivity contribution >= 4 is 23.2 Å². The van der Waals surface area contributed by atoms with Crippen LogP contribution in [0.2, 0.25) is 0 Å². The van der Waals surface area contributed by atoms with Crippen LogP contribution in [0.4, 0.5) is 0 Å². The van der Waals surface area contributed by atoms with Crippen LogP contribution >= 0.6 is 11.3 Å². The number of amides is 2. The molecule has 158 valence electrons. The van der Waals surface area contributed by atoms with E-state index in [9.17, 15) is 9.59 Å². The van der Waals surface area contributed by atoms with Gasteiger partial charge in [-0.15, -0.1) is 16.4 Å². The van der Waals surface area contributed by atoms with Crippen molar-refractivity contribution in [3.8, 4) is 0 Å². The number of hydrogen-bond donors (Lipinski definition) is 1. The minimum Gasteiger partial charge on any atom is -0.354 e. The first kappa shape index (κ1) is 21.4. The Morgan fingerprint density at radius 3 is 2.72 bits per heavy atom. The van der Waals surface area contributed by atoms with E-state index in [4.69, 9.17) is 0 Å². The summed E-state index contributed by atoms with van der Waals surface area (Å²) in [6.45, 7) is 7.25. The topological polar surface area (TPSA) is 96.2 Å². The second-order valence-electron chi connectivity index (χ2n) is 7.17. The van der Waals surface area contributed by atoms with Gasteiger partial charge in [0.2, 0.25) is 5.91 Å². The number of carbonyl (C=O) groups excluding carboxylic acids is 2. The van der Waals surface area contributed by atoms with E-state index < -0.39 is 6.04 Å². The maximum Gasteiger partial charge on any atom is 0.276 e. The Hall–Kier alpha value is -2.33. The summed E-state index contributed by atoms with van der Waals surface area (Å²) < 4.78 is 1.53. The summed E-state index contributed by atoms with van der Waals surface area (Å²) in [7, 11) is 1.74. The van der Waals surface area contributed by atoms with Crippen LogP contribution in [0.1, 0.15) is 53.9 Å². The van der Waals surface area contributed by atoms with Gasteiger partial charge in [-0.05, 0) is 19.3 Å². The Kier molecular flexibility index (Phi) is 7.32. The molecule has 1 atom stereocenters. The van der Waals surface area contributed by atoms with Crippen LogP contribution in [0.5, 0.6) is 0 Å². The first-order valence-corrected chi connectivity index (χ1v) is 11.0. The van der Waals surface area contributed by atoms with E-state index in [0.717, 1.165) is 36.5 Å². The minimum atomic E-state index is -0.426. The number of carbonyl (C=O) groups is 2. The molecule has 3 rings (SSSR count). The Labute approximate surface area is 175 Å². The van der Waals surface area contributed by atoms with Gasteiger partial charge in [0.05, 0.1) is 16.9 Å². The second kappa shape index (κ2) is 9.93. The highest BCUT2D eigenvalue weighted by Gasteiger charge is 2.32.